The number of benzene rings is 1. The second kappa shape index (κ2) is 4.34. The van der Waals surface area contributed by atoms with Crippen molar-refractivity contribution in [1.82, 2.24) is 9.78 Å². The fourth-order valence-electron chi connectivity index (χ4n) is 1.67. The Kier molecular flexibility index (Phi) is 3.03. The van der Waals surface area contributed by atoms with Gasteiger partial charge in [-0.25, -0.2) is 4.68 Å². The Morgan fingerprint density at radius 1 is 1.24 bits per heavy atom. The van der Waals surface area contributed by atoms with Gasteiger partial charge in [0.15, 0.2) is 0 Å². The summed E-state index contributed by atoms with van der Waals surface area (Å²) in [5.74, 6) is -0.190. The molecule has 0 aliphatic carbocycles. The van der Waals surface area contributed by atoms with Crippen LogP contribution in [0.15, 0.2) is 24.3 Å². The molecule has 0 saturated heterocycles. The van der Waals surface area contributed by atoms with Crippen LogP contribution < -0.4 is 0 Å². The third kappa shape index (κ3) is 1.98. The highest BCUT2D eigenvalue weighted by atomic mass is 35.5. The molecule has 0 unspecified atom stereocenters. The van der Waals surface area contributed by atoms with E-state index in [9.17, 15) is 4.79 Å². The lowest BCUT2D eigenvalue weighted by atomic mass is 10.2. The van der Waals surface area contributed by atoms with Crippen LogP contribution in [0.1, 0.15) is 27.3 Å². The molecule has 4 heteroatoms. The molecule has 0 spiro atoms. The van der Waals surface area contributed by atoms with E-state index in [-0.39, 0.29) is 5.91 Å². The van der Waals surface area contributed by atoms with Crippen LogP contribution in [0.3, 0.4) is 0 Å². The molecule has 0 amide bonds. The Balaban J connectivity index is 2.52. The summed E-state index contributed by atoms with van der Waals surface area (Å²) in [7, 11) is 0. The highest BCUT2D eigenvalue weighted by Gasteiger charge is 2.17. The fraction of sp³-hybridized carbons (Fsp3) is 0.231. The molecule has 0 aliphatic rings. The molecule has 2 rings (SSSR count). The Morgan fingerprint density at radius 3 is 2.41 bits per heavy atom. The lowest BCUT2D eigenvalue weighted by Gasteiger charge is -2.04. The van der Waals surface area contributed by atoms with Crippen LogP contribution in [0, 0.1) is 20.8 Å². The van der Waals surface area contributed by atoms with Gasteiger partial charge in [0.1, 0.15) is 0 Å². The standard InChI is InChI=1S/C13H13ClN2O/c1-8-9(2)15-16(10(8)3)13(17)11-6-4-5-7-12(11)14/h4-7H,1-3H3. The van der Waals surface area contributed by atoms with E-state index in [1.807, 2.05) is 20.8 Å². The number of rotatable bonds is 1. The normalized spacial score (nSPS) is 10.6. The van der Waals surface area contributed by atoms with E-state index in [2.05, 4.69) is 5.10 Å². The SMILES string of the molecule is Cc1nn(C(=O)c2ccccc2Cl)c(C)c1C. The van der Waals surface area contributed by atoms with Gasteiger partial charge < -0.3 is 0 Å². The van der Waals surface area contributed by atoms with Crippen molar-refractivity contribution >= 4 is 17.5 Å². The Morgan fingerprint density at radius 2 is 1.88 bits per heavy atom. The first-order valence-electron chi connectivity index (χ1n) is 5.34. The maximum atomic E-state index is 12.3. The molecule has 0 aliphatic heterocycles. The van der Waals surface area contributed by atoms with Gasteiger partial charge in [-0.3, -0.25) is 4.79 Å². The lowest BCUT2D eigenvalue weighted by molar-refractivity contribution is 0.0942. The summed E-state index contributed by atoms with van der Waals surface area (Å²) in [5.41, 5.74) is 3.22. The van der Waals surface area contributed by atoms with E-state index in [1.54, 1.807) is 24.3 Å². The van der Waals surface area contributed by atoms with Crippen molar-refractivity contribution in [2.24, 2.45) is 0 Å². The van der Waals surface area contributed by atoms with Gasteiger partial charge in [0.25, 0.3) is 5.91 Å². The minimum absolute atomic E-state index is 0.190. The van der Waals surface area contributed by atoms with Gasteiger partial charge >= 0.3 is 0 Å². The zero-order valence-electron chi connectivity index (χ0n) is 9.99. The minimum atomic E-state index is -0.190. The Hall–Kier alpha value is -1.61. The second-order valence-electron chi connectivity index (χ2n) is 3.99. The summed E-state index contributed by atoms with van der Waals surface area (Å²) in [6.45, 7) is 5.72. The van der Waals surface area contributed by atoms with Crippen LogP contribution in [-0.4, -0.2) is 15.7 Å². The summed E-state index contributed by atoms with van der Waals surface area (Å²) < 4.78 is 1.41. The number of nitrogens with zero attached hydrogens (tertiary/aromatic N) is 2. The largest absolute Gasteiger partial charge is 0.279 e. The molecular formula is C13H13ClN2O. The van der Waals surface area contributed by atoms with Crippen molar-refractivity contribution in [3.63, 3.8) is 0 Å². The third-order valence-electron chi connectivity index (χ3n) is 2.95. The molecule has 88 valence electrons. The van der Waals surface area contributed by atoms with Gasteiger partial charge in [-0.2, -0.15) is 5.10 Å². The van der Waals surface area contributed by atoms with E-state index in [4.69, 9.17) is 11.6 Å². The lowest BCUT2D eigenvalue weighted by Crippen LogP contribution is -2.15. The number of hydrogen-bond donors (Lipinski definition) is 0. The topological polar surface area (TPSA) is 34.9 Å². The molecule has 0 atom stereocenters. The molecule has 0 N–H and O–H groups in total. The average molecular weight is 249 g/mol. The van der Waals surface area contributed by atoms with Gasteiger partial charge in [-0.05, 0) is 38.5 Å². The van der Waals surface area contributed by atoms with Crippen LogP contribution in [0.4, 0.5) is 0 Å². The number of aryl methyl sites for hydroxylation is 1. The Labute approximate surface area is 105 Å². The van der Waals surface area contributed by atoms with E-state index < -0.39 is 0 Å². The smallest absolute Gasteiger partial charge is 0.267 e. The van der Waals surface area contributed by atoms with Crippen molar-refractivity contribution in [1.29, 1.82) is 0 Å². The second-order valence-corrected chi connectivity index (χ2v) is 4.40. The van der Waals surface area contributed by atoms with Crippen molar-refractivity contribution in [2.75, 3.05) is 0 Å². The minimum Gasteiger partial charge on any atom is -0.267 e. The first-order chi connectivity index (χ1) is 8.02. The van der Waals surface area contributed by atoms with Crippen molar-refractivity contribution < 1.29 is 4.79 Å². The molecule has 1 heterocycles. The zero-order chi connectivity index (χ0) is 12.6. The quantitative estimate of drug-likeness (QED) is 0.777. The molecule has 0 fully saturated rings. The summed E-state index contributed by atoms with van der Waals surface area (Å²) in [6, 6.07) is 6.99. The monoisotopic (exact) mass is 248 g/mol. The molecule has 0 bridgehead atoms. The first kappa shape index (κ1) is 11.9. The third-order valence-corrected chi connectivity index (χ3v) is 3.28. The molecule has 3 nitrogen and oxygen atoms in total. The van der Waals surface area contributed by atoms with Crippen LogP contribution >= 0.6 is 11.6 Å². The average Bonchev–Trinajstić information content (AvgIpc) is 2.57. The molecule has 0 saturated carbocycles. The predicted molar refractivity (Wildman–Crippen MR) is 67.6 cm³/mol. The predicted octanol–water partition coefficient (Wildman–Crippen LogP) is 3.15. The molecule has 2 aromatic rings. The van der Waals surface area contributed by atoms with Gasteiger partial charge in [0.2, 0.25) is 0 Å². The van der Waals surface area contributed by atoms with E-state index in [0.29, 0.717) is 10.6 Å². The highest BCUT2D eigenvalue weighted by molar-refractivity contribution is 6.33. The number of aromatic nitrogens is 2. The maximum Gasteiger partial charge on any atom is 0.279 e. The van der Waals surface area contributed by atoms with Crippen LogP contribution in [0.5, 0.6) is 0 Å². The van der Waals surface area contributed by atoms with Crippen molar-refractivity contribution in [3.8, 4) is 0 Å². The first-order valence-corrected chi connectivity index (χ1v) is 5.72. The van der Waals surface area contributed by atoms with Gasteiger partial charge in [0.05, 0.1) is 16.3 Å². The van der Waals surface area contributed by atoms with Crippen molar-refractivity contribution in [2.45, 2.75) is 20.8 Å². The summed E-state index contributed by atoms with van der Waals surface area (Å²) >= 11 is 6.01. The fourth-order valence-corrected chi connectivity index (χ4v) is 1.88. The summed E-state index contributed by atoms with van der Waals surface area (Å²) in [6.07, 6.45) is 0. The number of hydrogen-bond acceptors (Lipinski definition) is 2. The maximum absolute atomic E-state index is 12.3. The van der Waals surface area contributed by atoms with Gasteiger partial charge in [-0.1, -0.05) is 23.7 Å². The molecular weight excluding hydrogens is 236 g/mol. The molecule has 0 radical (unpaired) electrons. The summed E-state index contributed by atoms with van der Waals surface area (Å²) in [5, 5.41) is 4.68. The van der Waals surface area contributed by atoms with Crippen LogP contribution in [0.25, 0.3) is 0 Å². The molecule has 1 aromatic heterocycles. The van der Waals surface area contributed by atoms with Crippen molar-refractivity contribution in [3.05, 3.63) is 51.8 Å². The molecule has 17 heavy (non-hydrogen) atoms. The Bertz CT molecular complexity index is 587. The van der Waals surface area contributed by atoms with Gasteiger partial charge in [0, 0.05) is 5.69 Å². The number of carbonyl (C=O) groups excluding carboxylic acids is 1. The van der Waals surface area contributed by atoms with E-state index >= 15 is 0 Å². The highest BCUT2D eigenvalue weighted by Crippen LogP contribution is 2.18. The van der Waals surface area contributed by atoms with E-state index in [0.717, 1.165) is 17.0 Å². The van der Waals surface area contributed by atoms with Gasteiger partial charge in [-0.15, -0.1) is 0 Å². The number of halogens is 1. The van der Waals surface area contributed by atoms with Crippen LogP contribution in [0.2, 0.25) is 5.02 Å². The summed E-state index contributed by atoms with van der Waals surface area (Å²) in [4.78, 5) is 12.3. The van der Waals surface area contributed by atoms with Crippen LogP contribution in [-0.2, 0) is 0 Å². The van der Waals surface area contributed by atoms with E-state index in [1.165, 1.54) is 4.68 Å². The number of carbonyl (C=O) groups is 1. The molecule has 1 aromatic carbocycles. The zero-order valence-corrected chi connectivity index (χ0v) is 10.7.